The number of carbonyl (C=O) groups is 2. The topological polar surface area (TPSA) is 55.4 Å². The summed E-state index contributed by atoms with van der Waals surface area (Å²) in [6.07, 6.45) is 6.36. The average molecular weight is 458 g/mol. The fourth-order valence-electron chi connectivity index (χ4n) is 3.42. The van der Waals surface area contributed by atoms with E-state index in [1.807, 2.05) is 13.8 Å². The lowest BCUT2D eigenvalue weighted by molar-refractivity contribution is -0.146. The van der Waals surface area contributed by atoms with Gasteiger partial charge in [-0.25, -0.2) is 4.79 Å². The van der Waals surface area contributed by atoms with Gasteiger partial charge in [0.25, 0.3) is 5.91 Å². The first kappa shape index (κ1) is 28.0. The van der Waals surface area contributed by atoms with Crippen LogP contribution < -0.4 is 5.32 Å². The number of unbranched alkanes of at least 4 members (excludes halogenated alkanes) is 8. The van der Waals surface area contributed by atoms with E-state index in [1.54, 1.807) is 0 Å². The first-order chi connectivity index (χ1) is 15.1. The predicted molar refractivity (Wildman–Crippen MR) is 120 cm³/mol. The normalized spacial score (nSPS) is 12.6. The first-order valence-corrected chi connectivity index (χ1v) is 11.8. The van der Waals surface area contributed by atoms with Gasteiger partial charge in [-0.1, -0.05) is 72.1 Å². The van der Waals surface area contributed by atoms with E-state index in [0.29, 0.717) is 13.0 Å². The monoisotopic (exact) mass is 457 g/mol. The number of rotatable bonds is 15. The summed E-state index contributed by atoms with van der Waals surface area (Å²) in [5, 5.41) is 2.61. The van der Waals surface area contributed by atoms with Crippen LogP contribution in [0.4, 0.5) is 13.2 Å². The number of alkyl halides is 3. The molecule has 1 rings (SSSR count). The Hall–Kier alpha value is -2.05. The van der Waals surface area contributed by atoms with Gasteiger partial charge in [0.15, 0.2) is 0 Å². The zero-order valence-corrected chi connectivity index (χ0v) is 19.6. The Morgan fingerprint density at radius 2 is 1.44 bits per heavy atom. The molecule has 0 heterocycles. The van der Waals surface area contributed by atoms with Crippen LogP contribution in [0, 0.1) is 5.92 Å². The minimum atomic E-state index is -4.46. The fraction of sp³-hybridized carbons (Fsp3) is 0.680. The number of halogens is 3. The molecule has 7 heteroatoms. The molecule has 182 valence electrons. The van der Waals surface area contributed by atoms with E-state index in [9.17, 15) is 22.8 Å². The lowest BCUT2D eigenvalue weighted by Crippen LogP contribution is -2.42. The fourth-order valence-corrected chi connectivity index (χ4v) is 3.42. The van der Waals surface area contributed by atoms with Gasteiger partial charge in [0, 0.05) is 5.56 Å². The second-order valence-electron chi connectivity index (χ2n) is 8.73. The van der Waals surface area contributed by atoms with E-state index in [0.717, 1.165) is 43.5 Å². The Kier molecular flexibility index (Phi) is 13.0. The highest BCUT2D eigenvalue weighted by Gasteiger charge is 2.30. The molecule has 1 N–H and O–H groups in total. The summed E-state index contributed by atoms with van der Waals surface area (Å²) < 4.78 is 43.5. The summed E-state index contributed by atoms with van der Waals surface area (Å²) in [7, 11) is 0. The van der Waals surface area contributed by atoms with Crippen LogP contribution in [0.3, 0.4) is 0 Å². The van der Waals surface area contributed by atoms with Crippen molar-refractivity contribution in [1.29, 1.82) is 0 Å². The van der Waals surface area contributed by atoms with Crippen molar-refractivity contribution in [2.45, 2.75) is 97.2 Å². The molecule has 0 aliphatic carbocycles. The molecule has 32 heavy (non-hydrogen) atoms. The molecule has 0 saturated carbocycles. The van der Waals surface area contributed by atoms with Gasteiger partial charge in [0.05, 0.1) is 12.2 Å². The van der Waals surface area contributed by atoms with Crippen molar-refractivity contribution < 1.29 is 27.5 Å². The first-order valence-electron chi connectivity index (χ1n) is 11.8. The second kappa shape index (κ2) is 14.9. The van der Waals surface area contributed by atoms with E-state index in [4.69, 9.17) is 4.74 Å². The quantitative estimate of drug-likeness (QED) is 0.230. The molecule has 0 aromatic heterocycles. The van der Waals surface area contributed by atoms with E-state index in [2.05, 4.69) is 12.2 Å². The Labute approximate surface area is 190 Å². The number of nitrogens with one attached hydrogen (secondary N) is 1. The Bertz CT molecular complexity index is 672. The SMILES string of the molecule is CCCCCCCCCCCOC(=O)C(CC(C)C)NC(=O)c1ccc(C(F)(F)F)cc1. The number of ether oxygens (including phenoxy) is 1. The lowest BCUT2D eigenvalue weighted by Gasteiger charge is -2.19. The Morgan fingerprint density at radius 1 is 0.906 bits per heavy atom. The van der Waals surface area contributed by atoms with Gasteiger partial charge in [-0.3, -0.25) is 4.79 Å². The molecule has 1 atom stereocenters. The van der Waals surface area contributed by atoms with Crippen molar-refractivity contribution in [1.82, 2.24) is 5.32 Å². The van der Waals surface area contributed by atoms with E-state index < -0.39 is 29.7 Å². The molecule has 0 fully saturated rings. The molecule has 4 nitrogen and oxygen atoms in total. The summed E-state index contributed by atoms with van der Waals surface area (Å²) in [4.78, 5) is 24.9. The maximum Gasteiger partial charge on any atom is 0.416 e. The number of carbonyl (C=O) groups excluding carboxylic acids is 2. The van der Waals surface area contributed by atoms with Crippen LogP contribution in [0.1, 0.15) is 101 Å². The molecular weight excluding hydrogens is 419 g/mol. The van der Waals surface area contributed by atoms with Gasteiger partial charge >= 0.3 is 12.1 Å². The molecule has 1 unspecified atom stereocenters. The minimum absolute atomic E-state index is 0.0680. The maximum atomic E-state index is 12.7. The number of esters is 1. The van der Waals surface area contributed by atoms with Crippen molar-refractivity contribution in [3.8, 4) is 0 Å². The third kappa shape index (κ3) is 11.5. The van der Waals surface area contributed by atoms with Crippen LogP contribution >= 0.6 is 0 Å². The van der Waals surface area contributed by atoms with Gasteiger partial charge < -0.3 is 10.1 Å². The molecular formula is C25H38F3NO3. The summed E-state index contributed by atoms with van der Waals surface area (Å²) in [5.74, 6) is -0.962. The van der Waals surface area contributed by atoms with E-state index in [1.165, 1.54) is 38.5 Å². The summed E-state index contributed by atoms with van der Waals surface area (Å²) >= 11 is 0. The summed E-state index contributed by atoms with van der Waals surface area (Å²) in [5.41, 5.74) is -0.758. The van der Waals surface area contributed by atoms with Crippen molar-refractivity contribution in [2.75, 3.05) is 6.61 Å². The molecule has 0 radical (unpaired) electrons. The highest BCUT2D eigenvalue weighted by atomic mass is 19.4. The van der Waals surface area contributed by atoms with E-state index in [-0.39, 0.29) is 11.5 Å². The molecule has 0 saturated heterocycles. The number of amides is 1. The predicted octanol–water partition coefficient (Wildman–Crippen LogP) is 6.92. The molecule has 1 aromatic carbocycles. The molecule has 0 aliphatic rings. The highest BCUT2D eigenvalue weighted by molar-refractivity contribution is 5.96. The van der Waals surface area contributed by atoms with Crippen molar-refractivity contribution >= 4 is 11.9 Å². The zero-order chi connectivity index (χ0) is 24.0. The van der Waals surface area contributed by atoms with Crippen LogP contribution in [0.25, 0.3) is 0 Å². The van der Waals surface area contributed by atoms with Crippen molar-refractivity contribution in [3.05, 3.63) is 35.4 Å². The smallest absolute Gasteiger partial charge is 0.416 e. The number of hydrogen-bond acceptors (Lipinski definition) is 3. The standard InChI is InChI=1S/C25H38F3NO3/c1-4-5-6-7-8-9-10-11-12-17-32-24(31)22(18-19(2)3)29-23(30)20-13-15-21(16-14-20)25(26,27)28/h13-16,19,22H,4-12,17-18H2,1-3H3,(H,29,30). The largest absolute Gasteiger partial charge is 0.464 e. The van der Waals surface area contributed by atoms with Gasteiger partial charge in [-0.2, -0.15) is 13.2 Å². The third-order valence-corrected chi connectivity index (χ3v) is 5.26. The van der Waals surface area contributed by atoms with Crippen LogP contribution in [-0.4, -0.2) is 24.5 Å². The van der Waals surface area contributed by atoms with Crippen molar-refractivity contribution in [2.24, 2.45) is 5.92 Å². The van der Waals surface area contributed by atoms with Crippen LogP contribution in [0.5, 0.6) is 0 Å². The minimum Gasteiger partial charge on any atom is -0.464 e. The Morgan fingerprint density at radius 3 is 1.94 bits per heavy atom. The summed E-state index contributed by atoms with van der Waals surface area (Å²) in [6, 6.07) is 3.10. The van der Waals surface area contributed by atoms with Gasteiger partial charge in [0.2, 0.25) is 0 Å². The second-order valence-corrected chi connectivity index (χ2v) is 8.73. The van der Waals surface area contributed by atoms with Crippen LogP contribution in [0.2, 0.25) is 0 Å². The number of hydrogen-bond donors (Lipinski definition) is 1. The molecule has 1 aromatic rings. The molecule has 0 spiro atoms. The maximum absolute atomic E-state index is 12.7. The number of benzene rings is 1. The van der Waals surface area contributed by atoms with Gasteiger partial charge in [-0.15, -0.1) is 0 Å². The van der Waals surface area contributed by atoms with Gasteiger partial charge in [0.1, 0.15) is 6.04 Å². The van der Waals surface area contributed by atoms with E-state index >= 15 is 0 Å². The average Bonchev–Trinajstić information content (AvgIpc) is 2.73. The van der Waals surface area contributed by atoms with Gasteiger partial charge in [-0.05, 0) is 43.0 Å². The third-order valence-electron chi connectivity index (χ3n) is 5.26. The molecule has 1 amide bonds. The molecule has 0 aliphatic heterocycles. The Balaban J connectivity index is 2.44. The zero-order valence-electron chi connectivity index (χ0n) is 19.6. The summed E-state index contributed by atoms with van der Waals surface area (Å²) in [6.45, 7) is 6.35. The van der Waals surface area contributed by atoms with Crippen molar-refractivity contribution in [3.63, 3.8) is 0 Å². The highest BCUT2D eigenvalue weighted by Crippen LogP contribution is 2.29. The van der Waals surface area contributed by atoms with Crippen LogP contribution in [-0.2, 0) is 15.7 Å². The molecule has 0 bridgehead atoms. The lowest BCUT2D eigenvalue weighted by atomic mass is 10.0. The van der Waals surface area contributed by atoms with Crippen LogP contribution in [0.15, 0.2) is 24.3 Å².